The molecule has 21 N–H and O–H groups in total. The summed E-state index contributed by atoms with van der Waals surface area (Å²) in [5.41, 5.74) is -5.35. The van der Waals surface area contributed by atoms with Crippen molar-refractivity contribution in [1.29, 1.82) is 0 Å². The molecule has 5 aliphatic carbocycles. The maximum Gasteiger partial charge on any atom is 0.335 e. The molecule has 42 heteroatoms. The van der Waals surface area contributed by atoms with E-state index in [9.17, 15) is 126 Å². The summed E-state index contributed by atoms with van der Waals surface area (Å²) in [6.45, 7) is 19.4. The Morgan fingerprint density at radius 3 is 1.62 bits per heavy atom. The van der Waals surface area contributed by atoms with E-state index in [4.69, 9.17) is 75.8 Å². The molecule has 740 valence electrons. The van der Waals surface area contributed by atoms with Crippen LogP contribution < -0.4 is 0 Å². The molecule has 4 saturated carbocycles. The van der Waals surface area contributed by atoms with Gasteiger partial charge in [-0.25, -0.2) is 4.79 Å². The molecular weight excluding hydrogens is 1720 g/mol. The standard InChI is InChI=1S/C87H140O42/c1-13-34(3)44(118-52(96)25-39(92)24-45(35(4)14-2)119-77-62(106)57(101)47(30-89)120-77)23-38(91)26-53(97)123-68-37(6)117-79(71(65(68)109)127-76-64(108)59(103)67(36(5)116-76)124-74-60(104)54(98)42(93)31-114-74)129-81(113)87-22-21-82(7,8)27-41(87)40-15-16-49-83(9)19-18-51(84(10,33-90)48(83)17-20-85(49,11)86(40,12)28-50(87)95)122-80-72(128-78-63(107)58(102)56(100)46(29-88)121-78)69(66(110)70(126-80)73(111)112)125-75-61(105)55(99)43(94)32-115-75/h15,33-39,41-51,54-72,74-80,88-89,91-95,98-110H,13-14,16-32H2,1-12H3,(H,111,112)/t34-,35-,36?,37?,38-,39-,41?,42?,43+,44-,45-,46?,47-,48?,49?,50+,51-,54-,55-,56-,57?,58-,59?,60?,61?,62?,63?,64-,65?,66-,67-,68+,69-,70?,71+,72?,74-,75-,76-,77+,78-,79-,80+,83-,84-,85+,86+,87+/m0/s1. The number of rotatable bonds is 32. The number of hydrogen-bond donors (Lipinski definition) is 21. The number of hydrogen-bond acceptors (Lipinski definition) is 41. The molecule has 0 bridgehead atoms. The number of fused-ring (bicyclic) bond motifs is 7. The fourth-order valence-electron chi connectivity index (χ4n) is 22.9. The second-order valence-electron chi connectivity index (χ2n) is 40.1. The Kier molecular flexibility index (Phi) is 33.3. The molecule has 0 aromatic heterocycles. The predicted molar refractivity (Wildman–Crippen MR) is 431 cm³/mol. The fourth-order valence-corrected chi connectivity index (χ4v) is 22.9. The highest BCUT2D eigenvalue weighted by atomic mass is 16.8. The number of allylic oxidation sites excluding steroid dienone is 2. The lowest BCUT2D eigenvalue weighted by Crippen LogP contribution is -2.69. The van der Waals surface area contributed by atoms with Crippen molar-refractivity contribution in [2.45, 2.75) is 413 Å². The van der Waals surface area contributed by atoms with E-state index >= 15 is 4.79 Å². The van der Waals surface area contributed by atoms with Gasteiger partial charge < -0.3 is 188 Å². The maximum absolute atomic E-state index is 16.2. The van der Waals surface area contributed by atoms with E-state index in [2.05, 4.69) is 26.8 Å². The van der Waals surface area contributed by atoms with Gasteiger partial charge in [0.2, 0.25) is 6.29 Å². The summed E-state index contributed by atoms with van der Waals surface area (Å²) in [6.07, 6.45) is -61.3. The van der Waals surface area contributed by atoms with Crippen molar-refractivity contribution in [2.75, 3.05) is 26.4 Å². The topological polar surface area (TPSA) is 658 Å². The highest BCUT2D eigenvalue weighted by Crippen LogP contribution is 2.76. The lowest BCUT2D eigenvalue weighted by Gasteiger charge is -2.71. The maximum atomic E-state index is 16.2. The Labute approximate surface area is 747 Å². The third kappa shape index (κ3) is 20.2. The van der Waals surface area contributed by atoms with Crippen LogP contribution in [-0.4, -0.2) is 397 Å². The summed E-state index contributed by atoms with van der Waals surface area (Å²) in [4.78, 5) is 71.7. The molecule has 0 radical (unpaired) electrons. The molecule has 48 atom stereocenters. The van der Waals surface area contributed by atoms with E-state index in [1.165, 1.54) is 13.8 Å². The number of aliphatic hydroxyl groups excluding tert-OH is 20. The van der Waals surface area contributed by atoms with Gasteiger partial charge in [0.15, 0.2) is 56.1 Å². The van der Waals surface area contributed by atoms with Gasteiger partial charge in [-0.1, -0.05) is 93.7 Å². The van der Waals surface area contributed by atoms with Crippen molar-refractivity contribution >= 4 is 30.2 Å². The largest absolute Gasteiger partial charge is 0.479 e. The van der Waals surface area contributed by atoms with E-state index in [1.54, 1.807) is 20.8 Å². The van der Waals surface area contributed by atoms with Crippen molar-refractivity contribution in [3.63, 3.8) is 0 Å². The summed E-state index contributed by atoms with van der Waals surface area (Å²) in [6, 6.07) is 0. The first-order valence-electron chi connectivity index (χ1n) is 45.4. The highest BCUT2D eigenvalue weighted by Gasteiger charge is 2.73. The molecule has 7 heterocycles. The van der Waals surface area contributed by atoms with Gasteiger partial charge in [0.25, 0.3) is 0 Å². The summed E-state index contributed by atoms with van der Waals surface area (Å²) in [7, 11) is 0. The molecule has 11 fully saturated rings. The van der Waals surface area contributed by atoms with E-state index in [-0.39, 0.29) is 43.9 Å². The second-order valence-corrected chi connectivity index (χ2v) is 40.1. The number of aliphatic hydroxyl groups is 20. The van der Waals surface area contributed by atoms with Gasteiger partial charge >= 0.3 is 23.9 Å². The molecule has 16 unspecified atom stereocenters. The van der Waals surface area contributed by atoms with E-state index in [0.717, 1.165) is 11.9 Å². The van der Waals surface area contributed by atoms with E-state index in [1.807, 2.05) is 27.7 Å². The van der Waals surface area contributed by atoms with Crippen LogP contribution >= 0.6 is 0 Å². The number of esters is 3. The number of carboxylic acids is 1. The molecular formula is C87H140O42. The van der Waals surface area contributed by atoms with Crippen LogP contribution in [0.15, 0.2) is 11.6 Å². The Balaban J connectivity index is 0.785. The van der Waals surface area contributed by atoms with Crippen LogP contribution in [0, 0.1) is 62.1 Å². The van der Waals surface area contributed by atoms with E-state index < -0.39 is 347 Å². The number of carboxylic acid groups (broad SMARTS) is 1. The summed E-state index contributed by atoms with van der Waals surface area (Å²) >= 11 is 0. The molecule has 12 rings (SSSR count). The quantitative estimate of drug-likeness (QED) is 0.00999. The average Bonchev–Trinajstić information content (AvgIpc) is 0.970. The fraction of sp³-hybridized carbons (Fsp3) is 0.920. The van der Waals surface area contributed by atoms with Crippen molar-refractivity contribution in [3.8, 4) is 0 Å². The van der Waals surface area contributed by atoms with Crippen LogP contribution in [0.5, 0.6) is 0 Å². The molecule has 0 spiro atoms. The Morgan fingerprint density at radius 1 is 0.504 bits per heavy atom. The zero-order valence-corrected chi connectivity index (χ0v) is 74.9. The molecule has 42 nitrogen and oxygen atoms in total. The average molecular weight is 1860 g/mol. The first-order valence-corrected chi connectivity index (χ1v) is 45.4. The minimum absolute atomic E-state index is 0.0335. The number of aldehydes is 1. The molecule has 7 saturated heterocycles. The zero-order chi connectivity index (χ0) is 94.9. The van der Waals surface area contributed by atoms with Crippen LogP contribution in [0.25, 0.3) is 0 Å². The van der Waals surface area contributed by atoms with Crippen LogP contribution in [-0.2, 0) is 99.8 Å². The van der Waals surface area contributed by atoms with Crippen molar-refractivity contribution in [1.82, 2.24) is 0 Å². The molecule has 129 heavy (non-hydrogen) atoms. The van der Waals surface area contributed by atoms with Crippen molar-refractivity contribution < 1.29 is 207 Å². The Bertz CT molecular complexity index is 3790. The van der Waals surface area contributed by atoms with E-state index in [0.29, 0.717) is 51.4 Å². The number of carbonyl (C=O) groups is 5. The molecule has 7 aliphatic heterocycles. The lowest BCUT2D eigenvalue weighted by molar-refractivity contribution is -0.391. The monoisotopic (exact) mass is 1860 g/mol. The van der Waals surface area contributed by atoms with Gasteiger partial charge in [-0.3, -0.25) is 14.4 Å². The minimum Gasteiger partial charge on any atom is -0.479 e. The first-order chi connectivity index (χ1) is 60.5. The number of carbonyl (C=O) groups excluding carboxylic acids is 4. The molecule has 0 amide bonds. The summed E-state index contributed by atoms with van der Waals surface area (Å²) in [5, 5.41) is 233. The van der Waals surface area contributed by atoms with Crippen LogP contribution in [0.3, 0.4) is 0 Å². The van der Waals surface area contributed by atoms with Crippen molar-refractivity contribution in [2.24, 2.45) is 62.1 Å². The first kappa shape index (κ1) is 104. The third-order valence-corrected chi connectivity index (χ3v) is 31.4. The van der Waals surface area contributed by atoms with Gasteiger partial charge in [-0.15, -0.1) is 0 Å². The SMILES string of the molecule is CC[C@H](C)[C@H](C[C@H](O)CC(=O)O[C@@H]1C(C)O[C@@H](OC(=O)[C@]23CCC(C)(C)CC2C2=CCC4[C@@]5(C)CC[C@H](O[C@@H]6OC(C(=O)O)[C@@H](O)[C@H](O[C@@H]7OC[C@@H](O)[C@H](O)C7O)C6O[C@@H]6OC(CO)[C@H](O)[C@H](O)C6O)[C@@](C)(C=O)C5CC[C@@]4(C)[C@]2(C)C[C@H]3O)[C@H](O[C@@H]2OC(C)[C@H](O[C@@H]3OCC(O)[C@H](O)C3O)C(O)[C@@H]2O)C1O)OC(=O)C[C@@H](O)C[C@H](O[C@@H]1O[C@@H](CO)C(O)C1O)[C@@H](C)CC. The number of ether oxygens (including phenoxy) is 16. The highest BCUT2D eigenvalue weighted by molar-refractivity contribution is 5.80. The van der Waals surface area contributed by atoms with Gasteiger partial charge in [0.05, 0.1) is 87.4 Å². The zero-order valence-electron chi connectivity index (χ0n) is 74.9. The summed E-state index contributed by atoms with van der Waals surface area (Å²) < 4.78 is 96.6. The van der Waals surface area contributed by atoms with Gasteiger partial charge in [0.1, 0.15) is 140 Å². The smallest absolute Gasteiger partial charge is 0.335 e. The van der Waals surface area contributed by atoms with Crippen LogP contribution in [0.1, 0.15) is 179 Å². The third-order valence-electron chi connectivity index (χ3n) is 31.4. The van der Waals surface area contributed by atoms with Gasteiger partial charge in [-0.2, -0.15) is 0 Å². The number of aliphatic carboxylic acids is 1. The second kappa shape index (κ2) is 41.3. The Hall–Kier alpha value is -4.03. The van der Waals surface area contributed by atoms with Gasteiger partial charge in [-0.05, 0) is 123 Å². The van der Waals surface area contributed by atoms with Crippen LogP contribution in [0.2, 0.25) is 0 Å². The van der Waals surface area contributed by atoms with Crippen LogP contribution in [0.4, 0.5) is 0 Å². The summed E-state index contributed by atoms with van der Waals surface area (Å²) in [5.74, 6) is -7.05. The molecule has 0 aromatic carbocycles. The Morgan fingerprint density at radius 2 is 1.02 bits per heavy atom. The normalized spacial score (nSPS) is 48.4. The molecule has 0 aromatic rings. The predicted octanol–water partition coefficient (Wildman–Crippen LogP) is -4.15. The lowest BCUT2D eigenvalue weighted by atomic mass is 9.33. The van der Waals surface area contributed by atoms with Gasteiger partial charge in [0, 0.05) is 12.8 Å². The van der Waals surface area contributed by atoms with Crippen molar-refractivity contribution in [3.05, 3.63) is 11.6 Å². The molecule has 12 aliphatic rings. The minimum atomic E-state index is -2.25.